The van der Waals surface area contributed by atoms with Crippen molar-refractivity contribution in [3.63, 3.8) is 0 Å². The molecular formula is C13H22FN3S. The fourth-order valence-electron chi connectivity index (χ4n) is 1.73. The smallest absolute Gasteiger partial charge is 0.170 e. The van der Waals surface area contributed by atoms with Crippen molar-refractivity contribution >= 4 is 17.6 Å². The minimum atomic E-state index is -0.217. The zero-order valence-electron chi connectivity index (χ0n) is 11.5. The van der Waals surface area contributed by atoms with Crippen LogP contribution in [-0.2, 0) is 6.54 Å². The minimum absolute atomic E-state index is 0.217. The lowest BCUT2D eigenvalue weighted by atomic mass is 10.2. The lowest BCUT2D eigenvalue weighted by Gasteiger charge is -2.26. The molecule has 0 fully saturated rings. The molecule has 1 aromatic rings. The highest BCUT2D eigenvalue weighted by molar-refractivity contribution is 7.98. The van der Waals surface area contributed by atoms with Gasteiger partial charge in [-0.2, -0.15) is 11.8 Å². The molecule has 102 valence electrons. The maximum atomic E-state index is 14.2. The molecule has 1 unspecified atom stereocenters. The Kier molecular flexibility index (Phi) is 6.43. The molecule has 0 bridgehead atoms. The van der Waals surface area contributed by atoms with Crippen molar-refractivity contribution in [3.8, 4) is 0 Å². The fraction of sp³-hybridized carbons (Fsp3) is 0.615. The van der Waals surface area contributed by atoms with Gasteiger partial charge in [0.2, 0.25) is 0 Å². The number of hydrogen-bond donors (Lipinski definition) is 1. The van der Waals surface area contributed by atoms with Gasteiger partial charge in [0.1, 0.15) is 0 Å². The molecule has 1 aromatic heterocycles. The van der Waals surface area contributed by atoms with Crippen molar-refractivity contribution in [2.75, 3.05) is 31.0 Å². The van der Waals surface area contributed by atoms with Crippen LogP contribution in [0.3, 0.4) is 0 Å². The molecule has 1 atom stereocenters. The van der Waals surface area contributed by atoms with E-state index in [1.54, 1.807) is 12.3 Å². The van der Waals surface area contributed by atoms with Crippen molar-refractivity contribution in [2.24, 2.45) is 0 Å². The Balaban J connectivity index is 2.84. The highest BCUT2D eigenvalue weighted by Crippen LogP contribution is 2.21. The zero-order valence-corrected chi connectivity index (χ0v) is 12.4. The summed E-state index contributed by atoms with van der Waals surface area (Å²) in [6.45, 7) is 2.62. The summed E-state index contributed by atoms with van der Waals surface area (Å²) in [5.74, 6) is 1.30. The summed E-state index contributed by atoms with van der Waals surface area (Å²) in [4.78, 5) is 6.09. The highest BCUT2D eigenvalue weighted by Gasteiger charge is 2.17. The van der Waals surface area contributed by atoms with Crippen LogP contribution in [0, 0.1) is 5.82 Å². The second-order valence-corrected chi connectivity index (χ2v) is 5.36. The molecule has 0 aliphatic rings. The molecule has 0 saturated carbocycles. The van der Waals surface area contributed by atoms with Crippen LogP contribution in [-0.4, -0.2) is 37.1 Å². The Morgan fingerprint density at radius 1 is 1.56 bits per heavy atom. The monoisotopic (exact) mass is 271 g/mol. The Morgan fingerprint density at radius 2 is 2.28 bits per heavy atom. The molecule has 0 aliphatic carbocycles. The first-order valence-corrected chi connectivity index (χ1v) is 7.51. The number of hydrogen-bond acceptors (Lipinski definition) is 4. The Morgan fingerprint density at radius 3 is 2.89 bits per heavy atom. The molecule has 0 spiro atoms. The zero-order chi connectivity index (χ0) is 13.5. The third-order valence-electron chi connectivity index (χ3n) is 3.05. The van der Waals surface area contributed by atoms with E-state index < -0.39 is 0 Å². The van der Waals surface area contributed by atoms with Gasteiger partial charge in [0.25, 0.3) is 0 Å². The van der Waals surface area contributed by atoms with Crippen LogP contribution < -0.4 is 10.2 Å². The summed E-state index contributed by atoms with van der Waals surface area (Å²) in [5, 5.41) is 2.96. The van der Waals surface area contributed by atoms with Crippen molar-refractivity contribution in [1.82, 2.24) is 10.3 Å². The van der Waals surface area contributed by atoms with E-state index in [2.05, 4.69) is 23.5 Å². The van der Waals surface area contributed by atoms with E-state index in [1.807, 2.05) is 30.8 Å². The number of halogens is 1. The van der Waals surface area contributed by atoms with Gasteiger partial charge in [-0.05, 0) is 38.5 Å². The van der Waals surface area contributed by atoms with Gasteiger partial charge in [-0.15, -0.1) is 0 Å². The molecular weight excluding hydrogens is 249 g/mol. The first kappa shape index (κ1) is 15.2. The van der Waals surface area contributed by atoms with Crippen LogP contribution in [0.25, 0.3) is 0 Å². The van der Waals surface area contributed by atoms with Crippen LogP contribution in [0.5, 0.6) is 0 Å². The van der Waals surface area contributed by atoms with Crippen molar-refractivity contribution in [3.05, 3.63) is 23.6 Å². The maximum absolute atomic E-state index is 14.2. The molecule has 1 heterocycles. The molecule has 5 heteroatoms. The van der Waals surface area contributed by atoms with E-state index in [1.165, 1.54) is 0 Å². The topological polar surface area (TPSA) is 28.2 Å². The third-order valence-corrected chi connectivity index (χ3v) is 3.70. The van der Waals surface area contributed by atoms with Crippen molar-refractivity contribution < 1.29 is 4.39 Å². The molecule has 0 saturated heterocycles. The number of nitrogens with zero attached hydrogens (tertiary/aromatic N) is 2. The van der Waals surface area contributed by atoms with Gasteiger partial charge in [0, 0.05) is 31.4 Å². The largest absolute Gasteiger partial charge is 0.355 e. The highest BCUT2D eigenvalue weighted by atomic mass is 32.2. The summed E-state index contributed by atoms with van der Waals surface area (Å²) >= 11 is 1.81. The predicted molar refractivity (Wildman–Crippen MR) is 77.8 cm³/mol. The number of aromatic nitrogens is 1. The summed E-state index contributed by atoms with van der Waals surface area (Å²) < 4.78 is 14.2. The molecule has 0 radical (unpaired) electrons. The molecule has 1 N–H and O–H groups in total. The normalized spacial score (nSPS) is 12.5. The van der Waals surface area contributed by atoms with Gasteiger partial charge in [0.05, 0.1) is 0 Å². The summed E-state index contributed by atoms with van der Waals surface area (Å²) in [6, 6.07) is 2.00. The molecule has 0 aliphatic heterocycles. The fourth-order valence-corrected chi connectivity index (χ4v) is 2.31. The van der Waals surface area contributed by atoms with E-state index >= 15 is 0 Å². The molecule has 18 heavy (non-hydrogen) atoms. The van der Waals surface area contributed by atoms with Gasteiger partial charge in [-0.25, -0.2) is 9.37 Å². The predicted octanol–water partition coefficient (Wildman–Crippen LogP) is 2.52. The Hall–Kier alpha value is -0.810. The Bertz CT molecular complexity index is 373. The first-order chi connectivity index (χ1) is 8.61. The van der Waals surface area contributed by atoms with Gasteiger partial charge in [-0.3, -0.25) is 0 Å². The summed E-state index contributed by atoms with van der Waals surface area (Å²) in [6.07, 6.45) is 4.77. The molecule has 0 aromatic carbocycles. The number of thioether (sulfide) groups is 1. The third kappa shape index (κ3) is 3.85. The maximum Gasteiger partial charge on any atom is 0.170 e. The summed E-state index contributed by atoms with van der Waals surface area (Å²) in [7, 11) is 3.71. The van der Waals surface area contributed by atoms with Crippen molar-refractivity contribution in [1.29, 1.82) is 0 Å². The first-order valence-electron chi connectivity index (χ1n) is 6.11. The van der Waals surface area contributed by atoms with Crippen LogP contribution in [0.1, 0.15) is 18.9 Å². The van der Waals surface area contributed by atoms with Crippen molar-refractivity contribution in [2.45, 2.75) is 25.9 Å². The summed E-state index contributed by atoms with van der Waals surface area (Å²) in [5.41, 5.74) is 0.659. The van der Waals surface area contributed by atoms with E-state index in [0.717, 1.165) is 12.2 Å². The van der Waals surface area contributed by atoms with Gasteiger partial charge in [-0.1, -0.05) is 0 Å². The van der Waals surface area contributed by atoms with Crippen LogP contribution in [0.15, 0.2) is 12.3 Å². The second-order valence-electron chi connectivity index (χ2n) is 4.38. The minimum Gasteiger partial charge on any atom is -0.355 e. The van der Waals surface area contributed by atoms with E-state index in [0.29, 0.717) is 17.9 Å². The van der Waals surface area contributed by atoms with Crippen LogP contribution >= 0.6 is 11.8 Å². The molecule has 0 amide bonds. The second kappa shape index (κ2) is 7.59. The average molecular weight is 271 g/mol. The lowest BCUT2D eigenvalue weighted by molar-refractivity contribution is 0.573. The van der Waals surface area contributed by atoms with Gasteiger partial charge < -0.3 is 10.2 Å². The lowest BCUT2D eigenvalue weighted by Crippen LogP contribution is -2.31. The van der Waals surface area contributed by atoms with E-state index in [4.69, 9.17) is 0 Å². The van der Waals surface area contributed by atoms with Gasteiger partial charge >= 0.3 is 0 Å². The quantitative estimate of drug-likeness (QED) is 0.825. The standard InChI is InChI=1S/C13H22FN3S/c1-10(6-8-18-4)17(3)13-12(14)11(9-15-2)5-7-16-13/h5,7,10,15H,6,8-9H2,1-4H3. The average Bonchev–Trinajstić information content (AvgIpc) is 2.38. The Labute approximate surface area is 113 Å². The number of nitrogens with one attached hydrogen (secondary N) is 1. The van der Waals surface area contributed by atoms with E-state index in [-0.39, 0.29) is 11.9 Å². The number of rotatable bonds is 7. The number of anilines is 1. The van der Waals surface area contributed by atoms with Crippen LogP contribution in [0.2, 0.25) is 0 Å². The molecule has 3 nitrogen and oxygen atoms in total. The van der Waals surface area contributed by atoms with Gasteiger partial charge in [0.15, 0.2) is 11.6 Å². The molecule has 1 rings (SSSR count). The number of pyridine rings is 1. The van der Waals surface area contributed by atoms with E-state index in [9.17, 15) is 4.39 Å². The van der Waals surface area contributed by atoms with Crippen LogP contribution in [0.4, 0.5) is 10.2 Å². The SMILES string of the molecule is CNCc1ccnc(N(C)C(C)CCSC)c1F.